The van der Waals surface area contributed by atoms with Gasteiger partial charge in [0.1, 0.15) is 0 Å². The second-order valence-electron chi connectivity index (χ2n) is 5.20. The van der Waals surface area contributed by atoms with Crippen molar-refractivity contribution >= 4 is 15.9 Å². The molecule has 0 spiro atoms. The van der Waals surface area contributed by atoms with Crippen LogP contribution in [0.5, 0.6) is 0 Å². The Balaban J connectivity index is 1.68. The van der Waals surface area contributed by atoms with Crippen LogP contribution in [-0.2, 0) is 6.54 Å². The van der Waals surface area contributed by atoms with Gasteiger partial charge in [-0.1, -0.05) is 19.1 Å². The maximum atomic E-state index is 9.97. The molecular formula is C14H16BrN3O2. The Bertz CT molecular complexity index is 608. The third kappa shape index (κ3) is 2.63. The van der Waals surface area contributed by atoms with Crippen molar-refractivity contribution in [2.75, 3.05) is 13.1 Å². The van der Waals surface area contributed by atoms with Crippen LogP contribution in [0.25, 0.3) is 11.5 Å². The fraction of sp³-hybridized carbons (Fsp3) is 0.429. The van der Waals surface area contributed by atoms with E-state index in [1.54, 1.807) is 0 Å². The highest BCUT2D eigenvalue weighted by Gasteiger charge is 2.39. The van der Waals surface area contributed by atoms with E-state index in [1.165, 1.54) is 0 Å². The molecule has 0 saturated carbocycles. The quantitative estimate of drug-likeness (QED) is 0.928. The fourth-order valence-corrected chi connectivity index (χ4v) is 2.83. The average molecular weight is 338 g/mol. The zero-order chi connectivity index (χ0) is 14.2. The highest BCUT2D eigenvalue weighted by Crippen LogP contribution is 2.28. The van der Waals surface area contributed by atoms with Crippen molar-refractivity contribution in [2.24, 2.45) is 0 Å². The molecule has 3 rings (SSSR count). The molecule has 0 aliphatic carbocycles. The molecule has 106 valence electrons. The maximum Gasteiger partial charge on any atom is 0.248 e. The van der Waals surface area contributed by atoms with E-state index in [-0.39, 0.29) is 0 Å². The lowest BCUT2D eigenvalue weighted by atomic mass is 9.91. The molecule has 1 aliphatic heterocycles. The molecular weight excluding hydrogens is 322 g/mol. The monoisotopic (exact) mass is 337 g/mol. The highest BCUT2D eigenvalue weighted by atomic mass is 79.9. The van der Waals surface area contributed by atoms with Crippen LogP contribution in [0.4, 0.5) is 0 Å². The van der Waals surface area contributed by atoms with E-state index in [1.807, 2.05) is 31.2 Å². The molecule has 1 N–H and O–H groups in total. The van der Waals surface area contributed by atoms with Crippen LogP contribution in [0.1, 0.15) is 19.2 Å². The van der Waals surface area contributed by atoms with Crippen molar-refractivity contribution in [3.63, 3.8) is 0 Å². The number of β-amino-alcohol motifs (C(OH)–C–C–N with tert-alkyl or cyclic N) is 1. The van der Waals surface area contributed by atoms with Gasteiger partial charge in [0.2, 0.25) is 11.8 Å². The summed E-state index contributed by atoms with van der Waals surface area (Å²) in [5.41, 5.74) is 0.352. The number of benzene rings is 1. The molecule has 0 bridgehead atoms. The predicted molar refractivity (Wildman–Crippen MR) is 78.0 cm³/mol. The van der Waals surface area contributed by atoms with Crippen molar-refractivity contribution in [2.45, 2.75) is 25.5 Å². The van der Waals surface area contributed by atoms with Gasteiger partial charge in [0.05, 0.1) is 17.7 Å². The minimum atomic E-state index is -0.536. The van der Waals surface area contributed by atoms with Gasteiger partial charge in [-0.15, -0.1) is 10.2 Å². The predicted octanol–water partition coefficient (Wildman–Crippen LogP) is 2.46. The molecule has 0 unspecified atom stereocenters. The van der Waals surface area contributed by atoms with Crippen LogP contribution in [0.2, 0.25) is 0 Å². The second-order valence-corrected chi connectivity index (χ2v) is 6.06. The van der Waals surface area contributed by atoms with E-state index in [0.29, 0.717) is 31.4 Å². The Labute approximate surface area is 125 Å². The lowest BCUT2D eigenvalue weighted by Crippen LogP contribution is -2.60. The lowest BCUT2D eigenvalue weighted by molar-refractivity contribution is -0.105. The van der Waals surface area contributed by atoms with E-state index in [4.69, 9.17) is 4.42 Å². The molecule has 20 heavy (non-hydrogen) atoms. The fourth-order valence-electron chi connectivity index (χ4n) is 2.37. The molecule has 1 fully saturated rings. The van der Waals surface area contributed by atoms with Gasteiger partial charge in [0.25, 0.3) is 0 Å². The van der Waals surface area contributed by atoms with E-state index in [2.05, 4.69) is 31.0 Å². The van der Waals surface area contributed by atoms with Gasteiger partial charge in [0, 0.05) is 17.6 Å². The summed E-state index contributed by atoms with van der Waals surface area (Å²) in [6.07, 6.45) is 0.773. The Hall–Kier alpha value is -1.24. The van der Waals surface area contributed by atoms with Crippen LogP contribution < -0.4 is 0 Å². The minimum absolute atomic E-state index is 0.513. The zero-order valence-electron chi connectivity index (χ0n) is 11.2. The molecule has 1 aromatic heterocycles. The number of likely N-dealkylation sites (tertiary alicyclic amines) is 1. The summed E-state index contributed by atoms with van der Waals surface area (Å²) >= 11 is 3.47. The molecule has 2 heterocycles. The van der Waals surface area contributed by atoms with Crippen molar-refractivity contribution in [3.8, 4) is 11.5 Å². The van der Waals surface area contributed by atoms with Crippen LogP contribution in [0.3, 0.4) is 0 Å². The standard InChI is InChI=1S/C14H16BrN3O2/c1-2-14(19)8-18(9-14)7-12-16-17-13(20-12)10-5-3-4-6-11(10)15/h3-6,19H,2,7-9H2,1H3. The van der Waals surface area contributed by atoms with Gasteiger partial charge in [-0.05, 0) is 34.5 Å². The minimum Gasteiger partial charge on any atom is -0.419 e. The Morgan fingerprint density at radius 2 is 2.10 bits per heavy atom. The van der Waals surface area contributed by atoms with E-state index in [9.17, 15) is 5.11 Å². The molecule has 6 heteroatoms. The van der Waals surface area contributed by atoms with E-state index < -0.39 is 5.60 Å². The summed E-state index contributed by atoms with van der Waals surface area (Å²) in [4.78, 5) is 2.10. The summed E-state index contributed by atoms with van der Waals surface area (Å²) < 4.78 is 6.61. The molecule has 2 aromatic rings. The van der Waals surface area contributed by atoms with Crippen molar-refractivity contribution in [3.05, 3.63) is 34.6 Å². The van der Waals surface area contributed by atoms with Crippen molar-refractivity contribution in [1.82, 2.24) is 15.1 Å². The van der Waals surface area contributed by atoms with Gasteiger partial charge in [-0.2, -0.15) is 0 Å². The second kappa shape index (κ2) is 5.27. The van der Waals surface area contributed by atoms with Gasteiger partial charge in [0.15, 0.2) is 0 Å². The first-order valence-corrected chi connectivity index (χ1v) is 7.41. The molecule has 5 nitrogen and oxygen atoms in total. The van der Waals surface area contributed by atoms with E-state index in [0.717, 1.165) is 16.5 Å². The summed E-state index contributed by atoms with van der Waals surface area (Å²) in [6.45, 7) is 3.90. The lowest BCUT2D eigenvalue weighted by Gasteiger charge is -2.45. The number of aliphatic hydroxyl groups is 1. The Morgan fingerprint density at radius 3 is 2.80 bits per heavy atom. The first kappa shape index (κ1) is 13.7. The van der Waals surface area contributed by atoms with Gasteiger partial charge in [-0.3, -0.25) is 4.90 Å². The SMILES string of the molecule is CCC1(O)CN(Cc2nnc(-c3ccccc3Br)o2)C1. The Kier molecular flexibility index (Phi) is 3.62. The largest absolute Gasteiger partial charge is 0.419 e. The molecule has 0 amide bonds. The number of hydrogen-bond acceptors (Lipinski definition) is 5. The number of aromatic nitrogens is 2. The Morgan fingerprint density at radius 1 is 1.35 bits per heavy atom. The first-order chi connectivity index (χ1) is 9.59. The maximum absolute atomic E-state index is 9.97. The molecule has 0 radical (unpaired) electrons. The van der Waals surface area contributed by atoms with Gasteiger partial charge in [-0.25, -0.2) is 0 Å². The number of hydrogen-bond donors (Lipinski definition) is 1. The normalized spacial score (nSPS) is 17.9. The first-order valence-electron chi connectivity index (χ1n) is 6.62. The summed E-state index contributed by atoms with van der Waals surface area (Å²) in [7, 11) is 0. The van der Waals surface area contributed by atoms with Gasteiger partial charge >= 0.3 is 0 Å². The smallest absolute Gasteiger partial charge is 0.248 e. The average Bonchev–Trinajstić information content (AvgIpc) is 2.85. The summed E-state index contributed by atoms with van der Waals surface area (Å²) in [6, 6.07) is 7.74. The van der Waals surface area contributed by atoms with Crippen molar-refractivity contribution < 1.29 is 9.52 Å². The highest BCUT2D eigenvalue weighted by molar-refractivity contribution is 9.10. The third-order valence-corrected chi connectivity index (χ3v) is 4.32. The van der Waals surface area contributed by atoms with Crippen LogP contribution >= 0.6 is 15.9 Å². The number of nitrogens with zero attached hydrogens (tertiary/aromatic N) is 3. The van der Waals surface area contributed by atoms with Crippen molar-refractivity contribution in [1.29, 1.82) is 0 Å². The van der Waals surface area contributed by atoms with Crippen LogP contribution in [-0.4, -0.2) is 38.9 Å². The van der Waals surface area contributed by atoms with Crippen LogP contribution in [0, 0.1) is 0 Å². The molecule has 1 saturated heterocycles. The summed E-state index contributed by atoms with van der Waals surface area (Å²) in [5.74, 6) is 1.09. The molecule has 1 aliphatic rings. The third-order valence-electron chi connectivity index (χ3n) is 3.62. The topological polar surface area (TPSA) is 62.4 Å². The zero-order valence-corrected chi connectivity index (χ0v) is 12.8. The van der Waals surface area contributed by atoms with Crippen LogP contribution in [0.15, 0.2) is 33.2 Å². The number of halogens is 1. The summed E-state index contributed by atoms with van der Waals surface area (Å²) in [5, 5.41) is 18.1. The van der Waals surface area contributed by atoms with Gasteiger partial charge < -0.3 is 9.52 Å². The molecule has 0 atom stereocenters. The van der Waals surface area contributed by atoms with E-state index >= 15 is 0 Å². The number of rotatable bonds is 4. The molecule has 1 aromatic carbocycles.